The topological polar surface area (TPSA) is 32.7 Å². The standard InChI is InChI=1S/C17H35NO2/c1-6-18(7-2)12-15(19)13-20-16-10-8-14(9-11-16)17(3,4)5/h14-16,19H,6-13H2,1-5H3/t14?,15-,16?/m0/s1. The lowest BCUT2D eigenvalue weighted by Crippen LogP contribution is -2.36. The van der Waals surface area contributed by atoms with E-state index in [-0.39, 0.29) is 6.10 Å². The number of ether oxygens (including phenoxy) is 1. The van der Waals surface area contributed by atoms with E-state index in [1.54, 1.807) is 0 Å². The first-order chi connectivity index (χ1) is 9.36. The molecular formula is C17H35NO2. The average Bonchev–Trinajstić information content (AvgIpc) is 2.42. The summed E-state index contributed by atoms with van der Waals surface area (Å²) in [5.74, 6) is 0.822. The number of hydrogen-bond acceptors (Lipinski definition) is 3. The molecule has 0 aliphatic heterocycles. The smallest absolute Gasteiger partial charge is 0.0900 e. The lowest BCUT2D eigenvalue weighted by atomic mass is 9.72. The molecule has 0 radical (unpaired) electrons. The Morgan fingerprint density at radius 3 is 2.10 bits per heavy atom. The molecule has 1 N–H and O–H groups in total. The number of aliphatic hydroxyl groups excluding tert-OH is 1. The van der Waals surface area contributed by atoms with Crippen molar-refractivity contribution in [2.24, 2.45) is 11.3 Å². The van der Waals surface area contributed by atoms with Gasteiger partial charge in [-0.1, -0.05) is 34.6 Å². The van der Waals surface area contributed by atoms with Gasteiger partial charge < -0.3 is 14.7 Å². The van der Waals surface area contributed by atoms with Gasteiger partial charge in [-0.3, -0.25) is 0 Å². The summed E-state index contributed by atoms with van der Waals surface area (Å²) < 4.78 is 5.92. The predicted octanol–water partition coefficient (Wildman–Crippen LogP) is 3.31. The third-order valence-corrected chi connectivity index (χ3v) is 4.79. The van der Waals surface area contributed by atoms with Gasteiger partial charge in [0.05, 0.1) is 18.8 Å². The van der Waals surface area contributed by atoms with Crippen molar-refractivity contribution in [2.45, 2.75) is 72.5 Å². The summed E-state index contributed by atoms with van der Waals surface area (Å²) in [4.78, 5) is 2.24. The fourth-order valence-electron chi connectivity index (χ4n) is 3.18. The minimum atomic E-state index is -0.352. The number of aliphatic hydroxyl groups is 1. The van der Waals surface area contributed by atoms with Crippen molar-refractivity contribution in [2.75, 3.05) is 26.2 Å². The maximum absolute atomic E-state index is 10.0. The van der Waals surface area contributed by atoms with Gasteiger partial charge in [-0.2, -0.15) is 0 Å². The third-order valence-electron chi connectivity index (χ3n) is 4.79. The van der Waals surface area contributed by atoms with E-state index < -0.39 is 0 Å². The van der Waals surface area contributed by atoms with Gasteiger partial charge in [0.15, 0.2) is 0 Å². The van der Waals surface area contributed by atoms with Crippen LogP contribution in [0.2, 0.25) is 0 Å². The van der Waals surface area contributed by atoms with Crippen LogP contribution in [0.15, 0.2) is 0 Å². The van der Waals surface area contributed by atoms with E-state index in [0.29, 0.717) is 18.1 Å². The first-order valence-corrected chi connectivity index (χ1v) is 8.38. The van der Waals surface area contributed by atoms with E-state index in [4.69, 9.17) is 4.74 Å². The van der Waals surface area contributed by atoms with Crippen molar-refractivity contribution >= 4 is 0 Å². The lowest BCUT2D eigenvalue weighted by Gasteiger charge is -2.37. The number of likely N-dealkylation sites (N-methyl/N-ethyl adjacent to an activating group) is 1. The normalized spacial score (nSPS) is 25.9. The van der Waals surface area contributed by atoms with Gasteiger partial charge in [0, 0.05) is 6.54 Å². The molecule has 0 bridgehead atoms. The molecule has 1 aliphatic rings. The van der Waals surface area contributed by atoms with Crippen LogP contribution in [-0.4, -0.2) is 48.5 Å². The highest BCUT2D eigenvalue weighted by atomic mass is 16.5. The summed E-state index contributed by atoms with van der Waals surface area (Å²) in [6, 6.07) is 0. The summed E-state index contributed by atoms with van der Waals surface area (Å²) in [5.41, 5.74) is 0.424. The Kier molecular flexibility index (Phi) is 7.49. The largest absolute Gasteiger partial charge is 0.389 e. The average molecular weight is 285 g/mol. The summed E-state index contributed by atoms with van der Waals surface area (Å²) >= 11 is 0. The van der Waals surface area contributed by atoms with Crippen LogP contribution in [0.25, 0.3) is 0 Å². The zero-order valence-corrected chi connectivity index (χ0v) is 14.2. The van der Waals surface area contributed by atoms with Crippen molar-refractivity contribution in [3.8, 4) is 0 Å². The number of nitrogens with zero attached hydrogens (tertiary/aromatic N) is 1. The van der Waals surface area contributed by atoms with Gasteiger partial charge in [0.1, 0.15) is 0 Å². The highest BCUT2D eigenvalue weighted by Gasteiger charge is 2.30. The molecule has 1 atom stereocenters. The fraction of sp³-hybridized carbons (Fsp3) is 1.00. The molecule has 0 aromatic carbocycles. The summed E-state index contributed by atoms with van der Waals surface area (Å²) in [5, 5.41) is 10.0. The van der Waals surface area contributed by atoms with Gasteiger partial charge >= 0.3 is 0 Å². The fourth-order valence-corrected chi connectivity index (χ4v) is 3.18. The highest BCUT2D eigenvalue weighted by Crippen LogP contribution is 2.38. The van der Waals surface area contributed by atoms with Gasteiger partial charge in [-0.05, 0) is 50.1 Å². The molecule has 0 heterocycles. The van der Waals surface area contributed by atoms with Crippen molar-refractivity contribution in [3.63, 3.8) is 0 Å². The molecule has 0 aromatic rings. The minimum absolute atomic E-state index is 0.352. The van der Waals surface area contributed by atoms with E-state index in [0.717, 1.165) is 38.4 Å². The lowest BCUT2D eigenvalue weighted by molar-refractivity contribution is -0.0437. The second-order valence-corrected chi connectivity index (χ2v) is 7.31. The molecule has 0 unspecified atom stereocenters. The van der Waals surface area contributed by atoms with Crippen LogP contribution < -0.4 is 0 Å². The Hall–Kier alpha value is -0.120. The first-order valence-electron chi connectivity index (χ1n) is 8.38. The van der Waals surface area contributed by atoms with Gasteiger partial charge in [0.25, 0.3) is 0 Å². The van der Waals surface area contributed by atoms with Crippen LogP contribution in [-0.2, 0) is 4.74 Å². The molecule has 0 saturated heterocycles. The molecule has 0 amide bonds. The predicted molar refractivity (Wildman–Crippen MR) is 84.9 cm³/mol. The minimum Gasteiger partial charge on any atom is -0.389 e. The Balaban J connectivity index is 2.21. The number of rotatable bonds is 7. The molecule has 20 heavy (non-hydrogen) atoms. The molecule has 0 spiro atoms. The van der Waals surface area contributed by atoms with Crippen LogP contribution in [0.5, 0.6) is 0 Å². The maximum atomic E-state index is 10.0. The summed E-state index contributed by atoms with van der Waals surface area (Å²) in [7, 11) is 0. The maximum Gasteiger partial charge on any atom is 0.0900 e. The summed E-state index contributed by atoms with van der Waals surface area (Å²) in [6.45, 7) is 14.5. The molecule has 3 heteroatoms. The van der Waals surface area contributed by atoms with E-state index in [1.807, 2.05) is 0 Å². The zero-order chi connectivity index (χ0) is 15.2. The zero-order valence-electron chi connectivity index (χ0n) is 14.2. The van der Waals surface area contributed by atoms with E-state index >= 15 is 0 Å². The molecule has 1 fully saturated rings. The van der Waals surface area contributed by atoms with Crippen LogP contribution >= 0.6 is 0 Å². The molecule has 0 aromatic heterocycles. The second kappa shape index (κ2) is 8.35. The Labute approximate surface area is 125 Å². The SMILES string of the molecule is CCN(CC)C[C@H](O)COC1CCC(C(C)(C)C)CC1. The Morgan fingerprint density at radius 1 is 1.10 bits per heavy atom. The quantitative estimate of drug-likeness (QED) is 0.779. The van der Waals surface area contributed by atoms with Crippen LogP contribution in [0.4, 0.5) is 0 Å². The molecule has 1 rings (SSSR count). The van der Waals surface area contributed by atoms with Crippen molar-refractivity contribution < 1.29 is 9.84 Å². The summed E-state index contributed by atoms with van der Waals surface area (Å²) in [6.07, 6.45) is 4.84. The van der Waals surface area contributed by atoms with Gasteiger partial charge in [-0.25, -0.2) is 0 Å². The van der Waals surface area contributed by atoms with Crippen LogP contribution in [0.1, 0.15) is 60.3 Å². The first kappa shape index (κ1) is 17.9. The van der Waals surface area contributed by atoms with Crippen LogP contribution in [0.3, 0.4) is 0 Å². The highest BCUT2D eigenvalue weighted by molar-refractivity contribution is 4.81. The molecular weight excluding hydrogens is 250 g/mol. The molecule has 1 saturated carbocycles. The van der Waals surface area contributed by atoms with Crippen molar-refractivity contribution in [1.82, 2.24) is 4.90 Å². The second-order valence-electron chi connectivity index (χ2n) is 7.31. The molecule has 120 valence electrons. The number of hydrogen-bond donors (Lipinski definition) is 1. The van der Waals surface area contributed by atoms with E-state index in [9.17, 15) is 5.11 Å². The Bertz CT molecular complexity index is 250. The van der Waals surface area contributed by atoms with Gasteiger partial charge in [0.2, 0.25) is 0 Å². The van der Waals surface area contributed by atoms with Crippen LogP contribution in [0, 0.1) is 11.3 Å². The van der Waals surface area contributed by atoms with E-state index in [1.165, 1.54) is 12.8 Å². The third kappa shape index (κ3) is 6.11. The van der Waals surface area contributed by atoms with E-state index in [2.05, 4.69) is 39.5 Å². The molecule has 3 nitrogen and oxygen atoms in total. The van der Waals surface area contributed by atoms with Crippen molar-refractivity contribution in [3.05, 3.63) is 0 Å². The van der Waals surface area contributed by atoms with Crippen molar-refractivity contribution in [1.29, 1.82) is 0 Å². The Morgan fingerprint density at radius 2 is 1.65 bits per heavy atom. The molecule has 1 aliphatic carbocycles. The van der Waals surface area contributed by atoms with Gasteiger partial charge in [-0.15, -0.1) is 0 Å². The monoisotopic (exact) mass is 285 g/mol.